The molecule has 0 saturated carbocycles. The van der Waals surface area contributed by atoms with Gasteiger partial charge in [-0.2, -0.15) is 0 Å². The maximum absolute atomic E-state index is 4.83. The standard InChI is InChI=1S/C7H7NS/c1-2-6-3-4-7(9)8-5-6/h2-5H,1H2,(H,8,9). The molecule has 1 heterocycles. The van der Waals surface area contributed by atoms with Crippen molar-refractivity contribution in [3.05, 3.63) is 35.1 Å². The van der Waals surface area contributed by atoms with Gasteiger partial charge in [0.05, 0.1) is 0 Å². The Kier molecular flexibility index (Phi) is 1.80. The zero-order valence-electron chi connectivity index (χ0n) is 4.92. The molecule has 1 rings (SSSR count). The molecule has 0 aliphatic heterocycles. The van der Waals surface area contributed by atoms with E-state index in [1.807, 2.05) is 18.3 Å². The number of hydrogen-bond acceptors (Lipinski definition) is 1. The predicted molar refractivity (Wildman–Crippen MR) is 41.7 cm³/mol. The zero-order valence-corrected chi connectivity index (χ0v) is 5.74. The van der Waals surface area contributed by atoms with Crippen LogP contribution in [0.4, 0.5) is 0 Å². The number of aromatic nitrogens is 1. The maximum Gasteiger partial charge on any atom is 0.103 e. The Bertz CT molecular complexity index is 241. The number of pyridine rings is 1. The summed E-state index contributed by atoms with van der Waals surface area (Å²) in [5.41, 5.74) is 1.06. The van der Waals surface area contributed by atoms with E-state index in [-0.39, 0.29) is 0 Å². The molecule has 9 heavy (non-hydrogen) atoms. The SMILES string of the molecule is C=Cc1ccc(=S)[nH]c1. The second-order valence-electron chi connectivity index (χ2n) is 1.69. The minimum atomic E-state index is 0.751. The highest BCUT2D eigenvalue weighted by Crippen LogP contribution is 1.96. The summed E-state index contributed by atoms with van der Waals surface area (Å²) in [5.74, 6) is 0. The van der Waals surface area contributed by atoms with Crippen molar-refractivity contribution in [3.63, 3.8) is 0 Å². The lowest BCUT2D eigenvalue weighted by Gasteiger charge is -1.87. The molecule has 0 aromatic carbocycles. The van der Waals surface area contributed by atoms with E-state index in [0.29, 0.717) is 0 Å². The Morgan fingerprint density at radius 3 is 2.78 bits per heavy atom. The average molecular weight is 137 g/mol. The van der Waals surface area contributed by atoms with E-state index in [2.05, 4.69) is 11.6 Å². The molecule has 2 heteroatoms. The van der Waals surface area contributed by atoms with Crippen LogP contribution in [-0.4, -0.2) is 4.98 Å². The van der Waals surface area contributed by atoms with Crippen molar-refractivity contribution >= 4 is 18.3 Å². The van der Waals surface area contributed by atoms with E-state index >= 15 is 0 Å². The zero-order chi connectivity index (χ0) is 6.69. The summed E-state index contributed by atoms with van der Waals surface area (Å²) in [5, 5.41) is 0. The molecule has 46 valence electrons. The van der Waals surface area contributed by atoms with Crippen molar-refractivity contribution in [1.29, 1.82) is 0 Å². The molecule has 0 saturated heterocycles. The number of H-pyrrole nitrogens is 1. The summed E-state index contributed by atoms with van der Waals surface area (Å²) in [7, 11) is 0. The average Bonchev–Trinajstić information content (AvgIpc) is 1.90. The van der Waals surface area contributed by atoms with Gasteiger partial charge in [-0.25, -0.2) is 0 Å². The largest absolute Gasteiger partial charge is 0.352 e. The minimum Gasteiger partial charge on any atom is -0.352 e. The summed E-state index contributed by atoms with van der Waals surface area (Å²) >= 11 is 4.83. The molecule has 0 spiro atoms. The van der Waals surface area contributed by atoms with Gasteiger partial charge in [0.2, 0.25) is 0 Å². The van der Waals surface area contributed by atoms with E-state index in [9.17, 15) is 0 Å². The number of nitrogens with one attached hydrogen (secondary N) is 1. The summed E-state index contributed by atoms with van der Waals surface area (Å²) in [4.78, 5) is 2.89. The molecule has 1 N–H and O–H groups in total. The number of aromatic amines is 1. The second-order valence-corrected chi connectivity index (χ2v) is 2.13. The van der Waals surface area contributed by atoms with E-state index in [0.717, 1.165) is 10.2 Å². The highest BCUT2D eigenvalue weighted by atomic mass is 32.1. The quantitative estimate of drug-likeness (QED) is 0.587. The molecule has 0 unspecified atom stereocenters. The summed E-state index contributed by atoms with van der Waals surface area (Å²) in [6.45, 7) is 3.61. The van der Waals surface area contributed by atoms with Crippen LogP contribution in [-0.2, 0) is 0 Å². The monoisotopic (exact) mass is 137 g/mol. The van der Waals surface area contributed by atoms with Crippen LogP contribution < -0.4 is 0 Å². The van der Waals surface area contributed by atoms with Gasteiger partial charge in [-0.05, 0) is 11.6 Å². The molecule has 0 radical (unpaired) electrons. The van der Waals surface area contributed by atoms with Gasteiger partial charge in [0.1, 0.15) is 4.64 Å². The Morgan fingerprint density at radius 1 is 1.56 bits per heavy atom. The van der Waals surface area contributed by atoms with Crippen LogP contribution >= 0.6 is 12.2 Å². The van der Waals surface area contributed by atoms with Crippen LogP contribution in [0.5, 0.6) is 0 Å². The third-order valence-corrected chi connectivity index (χ3v) is 1.30. The molecule has 0 aliphatic rings. The smallest absolute Gasteiger partial charge is 0.103 e. The molecule has 1 nitrogen and oxygen atoms in total. The normalized spacial score (nSPS) is 8.89. The fraction of sp³-hybridized carbons (Fsp3) is 0. The molecule has 1 aromatic rings. The van der Waals surface area contributed by atoms with Crippen molar-refractivity contribution in [2.45, 2.75) is 0 Å². The Labute approximate surface area is 59.1 Å². The van der Waals surface area contributed by atoms with Crippen molar-refractivity contribution in [2.24, 2.45) is 0 Å². The highest BCUT2D eigenvalue weighted by molar-refractivity contribution is 7.71. The van der Waals surface area contributed by atoms with Gasteiger partial charge in [0.25, 0.3) is 0 Å². The number of hydrogen-bond donors (Lipinski definition) is 1. The minimum absolute atomic E-state index is 0.751. The van der Waals surface area contributed by atoms with E-state index in [1.165, 1.54) is 0 Å². The van der Waals surface area contributed by atoms with Crippen LogP contribution in [0.2, 0.25) is 0 Å². The van der Waals surface area contributed by atoms with Crippen LogP contribution in [0.15, 0.2) is 24.9 Å². The van der Waals surface area contributed by atoms with Crippen molar-refractivity contribution in [3.8, 4) is 0 Å². The fourth-order valence-electron chi connectivity index (χ4n) is 0.550. The third-order valence-electron chi connectivity index (χ3n) is 1.04. The molecule has 0 atom stereocenters. The van der Waals surface area contributed by atoms with Crippen molar-refractivity contribution in [1.82, 2.24) is 4.98 Å². The Balaban J connectivity index is 3.16. The van der Waals surface area contributed by atoms with Crippen molar-refractivity contribution in [2.75, 3.05) is 0 Å². The summed E-state index contributed by atoms with van der Waals surface area (Å²) < 4.78 is 0.751. The fourth-order valence-corrected chi connectivity index (χ4v) is 0.677. The Hall–Kier alpha value is -0.890. The van der Waals surface area contributed by atoms with E-state index < -0.39 is 0 Å². The van der Waals surface area contributed by atoms with Gasteiger partial charge in [0, 0.05) is 6.20 Å². The molecule has 0 fully saturated rings. The first-order valence-electron chi connectivity index (χ1n) is 2.64. The summed E-state index contributed by atoms with van der Waals surface area (Å²) in [6, 6.07) is 3.76. The third kappa shape index (κ3) is 1.50. The molecular weight excluding hydrogens is 130 g/mol. The van der Waals surface area contributed by atoms with Gasteiger partial charge >= 0.3 is 0 Å². The lowest BCUT2D eigenvalue weighted by atomic mass is 10.3. The first-order chi connectivity index (χ1) is 4.33. The number of rotatable bonds is 1. The molecule has 1 aromatic heterocycles. The maximum atomic E-state index is 4.83. The van der Waals surface area contributed by atoms with Crippen LogP contribution in [0.25, 0.3) is 6.08 Å². The lowest BCUT2D eigenvalue weighted by Crippen LogP contribution is -1.73. The van der Waals surface area contributed by atoms with Gasteiger partial charge in [-0.15, -0.1) is 0 Å². The molecule has 0 bridgehead atoms. The van der Waals surface area contributed by atoms with Gasteiger partial charge in [-0.1, -0.05) is 30.9 Å². The predicted octanol–water partition coefficient (Wildman–Crippen LogP) is 2.39. The van der Waals surface area contributed by atoms with Crippen molar-refractivity contribution < 1.29 is 0 Å². The first-order valence-corrected chi connectivity index (χ1v) is 3.05. The van der Waals surface area contributed by atoms with Gasteiger partial charge in [0.15, 0.2) is 0 Å². The molecule has 0 amide bonds. The van der Waals surface area contributed by atoms with Crippen LogP contribution in [0, 0.1) is 4.64 Å². The second kappa shape index (κ2) is 2.60. The Morgan fingerprint density at radius 2 is 2.33 bits per heavy atom. The molecular formula is C7H7NS. The lowest BCUT2D eigenvalue weighted by molar-refractivity contribution is 1.29. The highest BCUT2D eigenvalue weighted by Gasteiger charge is 1.79. The van der Waals surface area contributed by atoms with Crippen LogP contribution in [0.1, 0.15) is 5.56 Å². The summed E-state index contributed by atoms with van der Waals surface area (Å²) in [6.07, 6.45) is 3.60. The molecule has 0 aliphatic carbocycles. The van der Waals surface area contributed by atoms with Crippen LogP contribution in [0.3, 0.4) is 0 Å². The van der Waals surface area contributed by atoms with Gasteiger partial charge < -0.3 is 4.98 Å². The van der Waals surface area contributed by atoms with E-state index in [4.69, 9.17) is 12.2 Å². The first kappa shape index (κ1) is 6.23. The van der Waals surface area contributed by atoms with E-state index in [1.54, 1.807) is 6.08 Å². The van der Waals surface area contributed by atoms with Gasteiger partial charge in [-0.3, -0.25) is 0 Å². The topological polar surface area (TPSA) is 15.8 Å².